The van der Waals surface area contributed by atoms with E-state index < -0.39 is 17.9 Å². The zero-order valence-corrected chi connectivity index (χ0v) is 11.2. The molecule has 1 amide bonds. The first-order valence-corrected chi connectivity index (χ1v) is 6.10. The number of nitrogens with one attached hydrogen (secondary N) is 1. The molecule has 7 nitrogen and oxygen atoms in total. The zero-order valence-electron chi connectivity index (χ0n) is 11.2. The van der Waals surface area contributed by atoms with Crippen molar-refractivity contribution in [2.75, 3.05) is 13.7 Å². The molecule has 1 aromatic rings. The second kappa shape index (κ2) is 8.55. The third-order valence-electron chi connectivity index (χ3n) is 2.68. The minimum atomic E-state index is -0.843. The van der Waals surface area contributed by atoms with Crippen LogP contribution >= 0.6 is 0 Å². The fraction of sp³-hybridized carbons (Fsp3) is 0.385. The fourth-order valence-corrected chi connectivity index (χ4v) is 1.60. The Kier molecular flexibility index (Phi) is 6.64. The summed E-state index contributed by atoms with van der Waals surface area (Å²) in [6, 6.07) is 8.71. The van der Waals surface area contributed by atoms with Crippen LogP contribution < -0.4 is 5.32 Å². The highest BCUT2D eigenvalue weighted by atomic mass is 16.5. The van der Waals surface area contributed by atoms with Gasteiger partial charge in [0.15, 0.2) is 0 Å². The van der Waals surface area contributed by atoms with Crippen molar-refractivity contribution in [3.8, 4) is 0 Å². The molecule has 0 aliphatic carbocycles. The van der Waals surface area contributed by atoms with E-state index in [4.69, 9.17) is 5.53 Å². The van der Waals surface area contributed by atoms with E-state index in [1.165, 1.54) is 7.11 Å². The van der Waals surface area contributed by atoms with Gasteiger partial charge in [0.1, 0.15) is 12.6 Å². The number of azide groups is 1. The summed E-state index contributed by atoms with van der Waals surface area (Å²) in [6.45, 7) is -0.238. The van der Waals surface area contributed by atoms with Gasteiger partial charge in [-0.2, -0.15) is 0 Å². The van der Waals surface area contributed by atoms with Crippen LogP contribution in [-0.4, -0.2) is 31.6 Å². The molecule has 0 saturated carbocycles. The number of carbonyl (C=O) groups is 2. The van der Waals surface area contributed by atoms with Crippen LogP contribution in [0.25, 0.3) is 10.4 Å². The number of methoxy groups -OCH3 is 1. The monoisotopic (exact) mass is 276 g/mol. The molecule has 0 saturated heterocycles. The van der Waals surface area contributed by atoms with Crippen LogP contribution in [0.3, 0.4) is 0 Å². The second-order valence-corrected chi connectivity index (χ2v) is 4.04. The van der Waals surface area contributed by atoms with Gasteiger partial charge in [0.25, 0.3) is 0 Å². The van der Waals surface area contributed by atoms with E-state index in [0.717, 1.165) is 5.56 Å². The Morgan fingerprint density at radius 3 is 2.70 bits per heavy atom. The SMILES string of the molecule is COC(=O)CNC(=O)C(CCc1ccccc1)N=[N+]=[N-]. The quantitative estimate of drug-likeness (QED) is 0.354. The Labute approximate surface area is 116 Å². The van der Waals surface area contributed by atoms with Crippen molar-refractivity contribution >= 4 is 11.9 Å². The lowest BCUT2D eigenvalue weighted by atomic mass is 10.1. The lowest BCUT2D eigenvalue weighted by Crippen LogP contribution is -2.37. The molecule has 1 unspecified atom stereocenters. The van der Waals surface area contributed by atoms with Gasteiger partial charge in [0.2, 0.25) is 5.91 Å². The number of ether oxygens (including phenoxy) is 1. The molecular weight excluding hydrogens is 260 g/mol. The maximum absolute atomic E-state index is 11.8. The average Bonchev–Trinajstić information content (AvgIpc) is 2.49. The lowest BCUT2D eigenvalue weighted by Gasteiger charge is -2.11. The lowest BCUT2D eigenvalue weighted by molar-refractivity contribution is -0.141. The van der Waals surface area contributed by atoms with Crippen molar-refractivity contribution < 1.29 is 14.3 Å². The van der Waals surface area contributed by atoms with E-state index >= 15 is 0 Å². The number of benzene rings is 1. The van der Waals surface area contributed by atoms with Gasteiger partial charge < -0.3 is 10.1 Å². The van der Waals surface area contributed by atoms with Gasteiger partial charge >= 0.3 is 5.97 Å². The van der Waals surface area contributed by atoms with Crippen molar-refractivity contribution in [1.29, 1.82) is 0 Å². The number of hydrogen-bond acceptors (Lipinski definition) is 4. The van der Waals surface area contributed by atoms with Gasteiger partial charge in [-0.05, 0) is 23.9 Å². The molecular formula is C13H16N4O3. The predicted molar refractivity (Wildman–Crippen MR) is 72.7 cm³/mol. The highest BCUT2D eigenvalue weighted by molar-refractivity contribution is 5.85. The van der Waals surface area contributed by atoms with Gasteiger partial charge in [-0.1, -0.05) is 35.4 Å². The van der Waals surface area contributed by atoms with Crippen molar-refractivity contribution in [2.45, 2.75) is 18.9 Å². The number of esters is 1. The summed E-state index contributed by atoms with van der Waals surface area (Å²) in [4.78, 5) is 25.4. The zero-order chi connectivity index (χ0) is 14.8. The second-order valence-electron chi connectivity index (χ2n) is 4.04. The molecule has 106 valence electrons. The number of aryl methyl sites for hydroxylation is 1. The molecule has 0 aromatic heterocycles. The maximum Gasteiger partial charge on any atom is 0.325 e. The van der Waals surface area contributed by atoms with E-state index in [1.807, 2.05) is 30.3 Å². The van der Waals surface area contributed by atoms with Crippen LogP contribution in [-0.2, 0) is 20.7 Å². The number of rotatable bonds is 7. The van der Waals surface area contributed by atoms with Crippen LogP contribution in [0, 0.1) is 0 Å². The Morgan fingerprint density at radius 2 is 2.10 bits per heavy atom. The Balaban J connectivity index is 2.53. The molecule has 0 aliphatic heterocycles. The maximum atomic E-state index is 11.8. The first kappa shape index (κ1) is 15.5. The molecule has 0 aliphatic rings. The molecule has 0 radical (unpaired) electrons. The third-order valence-corrected chi connectivity index (χ3v) is 2.68. The first-order chi connectivity index (χ1) is 9.67. The molecule has 20 heavy (non-hydrogen) atoms. The van der Waals surface area contributed by atoms with Crippen LogP contribution in [0.4, 0.5) is 0 Å². The van der Waals surface area contributed by atoms with Crippen LogP contribution in [0.15, 0.2) is 35.4 Å². The fourth-order valence-electron chi connectivity index (χ4n) is 1.60. The predicted octanol–water partition coefficient (Wildman–Crippen LogP) is 1.59. The van der Waals surface area contributed by atoms with E-state index in [1.54, 1.807) is 0 Å². The van der Waals surface area contributed by atoms with Crippen LogP contribution in [0.5, 0.6) is 0 Å². The Morgan fingerprint density at radius 1 is 1.40 bits per heavy atom. The third kappa shape index (κ3) is 5.41. The molecule has 1 aromatic carbocycles. The number of carbonyl (C=O) groups excluding carboxylic acids is 2. The summed E-state index contributed by atoms with van der Waals surface area (Å²) in [5.74, 6) is -1.04. The Bertz CT molecular complexity index is 498. The van der Waals surface area contributed by atoms with Gasteiger partial charge in [0.05, 0.1) is 7.11 Å². The molecule has 1 rings (SSSR count). The molecule has 1 atom stereocenters. The van der Waals surface area contributed by atoms with Gasteiger partial charge in [-0.15, -0.1) is 0 Å². The van der Waals surface area contributed by atoms with E-state index in [9.17, 15) is 9.59 Å². The summed E-state index contributed by atoms with van der Waals surface area (Å²) in [5.41, 5.74) is 9.54. The van der Waals surface area contributed by atoms with Gasteiger partial charge in [-0.3, -0.25) is 9.59 Å². The molecule has 0 spiro atoms. The number of nitrogens with zero attached hydrogens (tertiary/aromatic N) is 3. The normalized spacial score (nSPS) is 11.1. The van der Waals surface area contributed by atoms with Crippen molar-refractivity contribution in [3.63, 3.8) is 0 Å². The highest BCUT2D eigenvalue weighted by Gasteiger charge is 2.17. The largest absolute Gasteiger partial charge is 0.468 e. The molecule has 0 fully saturated rings. The summed E-state index contributed by atoms with van der Waals surface area (Å²) >= 11 is 0. The van der Waals surface area contributed by atoms with Crippen molar-refractivity contribution in [2.24, 2.45) is 5.11 Å². The van der Waals surface area contributed by atoms with Crippen LogP contribution in [0.2, 0.25) is 0 Å². The standard InChI is InChI=1S/C13H16N4O3/c1-20-12(18)9-15-13(19)11(16-17-14)8-7-10-5-3-2-4-6-10/h2-6,11H,7-9H2,1H3,(H,15,19). The summed E-state index contributed by atoms with van der Waals surface area (Å²) in [7, 11) is 1.23. The topological polar surface area (TPSA) is 104 Å². The van der Waals surface area contributed by atoms with E-state index in [0.29, 0.717) is 12.8 Å². The minimum Gasteiger partial charge on any atom is -0.468 e. The number of amides is 1. The molecule has 1 N–H and O–H groups in total. The van der Waals surface area contributed by atoms with Crippen molar-refractivity contribution in [3.05, 3.63) is 46.3 Å². The molecule has 7 heteroatoms. The highest BCUT2D eigenvalue weighted by Crippen LogP contribution is 2.08. The summed E-state index contributed by atoms with van der Waals surface area (Å²) < 4.78 is 4.41. The van der Waals surface area contributed by atoms with Gasteiger partial charge in [-0.25, -0.2) is 0 Å². The smallest absolute Gasteiger partial charge is 0.325 e. The summed E-state index contributed by atoms with van der Waals surface area (Å²) in [6.07, 6.45) is 0.983. The number of hydrogen-bond donors (Lipinski definition) is 1. The Hall–Kier alpha value is -2.53. The van der Waals surface area contributed by atoms with Crippen LogP contribution in [0.1, 0.15) is 12.0 Å². The first-order valence-electron chi connectivity index (χ1n) is 6.10. The van der Waals surface area contributed by atoms with E-state index in [2.05, 4.69) is 20.1 Å². The van der Waals surface area contributed by atoms with Crippen molar-refractivity contribution in [1.82, 2.24) is 5.32 Å². The average molecular weight is 276 g/mol. The van der Waals surface area contributed by atoms with Gasteiger partial charge in [0, 0.05) is 4.91 Å². The minimum absolute atomic E-state index is 0.238. The summed E-state index contributed by atoms with van der Waals surface area (Å²) in [5, 5.41) is 5.84. The van der Waals surface area contributed by atoms with E-state index in [-0.39, 0.29) is 6.54 Å². The molecule has 0 heterocycles. The molecule has 0 bridgehead atoms.